The van der Waals surface area contributed by atoms with Crippen LogP contribution >= 0.6 is 0 Å². The largest absolute Gasteiger partial charge is 0.377 e. The Bertz CT molecular complexity index is 706. The second-order valence-corrected chi connectivity index (χ2v) is 6.93. The van der Waals surface area contributed by atoms with Crippen LogP contribution in [0.3, 0.4) is 0 Å². The van der Waals surface area contributed by atoms with E-state index in [1.165, 1.54) is 4.31 Å². The zero-order valence-corrected chi connectivity index (χ0v) is 12.4. The molecule has 0 unspecified atom stereocenters. The van der Waals surface area contributed by atoms with Crippen molar-refractivity contribution in [1.82, 2.24) is 4.31 Å². The highest BCUT2D eigenvalue weighted by Crippen LogP contribution is 2.30. The molecule has 0 radical (unpaired) electrons. The van der Waals surface area contributed by atoms with Crippen LogP contribution in [-0.2, 0) is 10.0 Å². The van der Waals surface area contributed by atoms with Gasteiger partial charge in [0.15, 0.2) is 0 Å². The molecule has 2 aromatic carbocycles. The van der Waals surface area contributed by atoms with Gasteiger partial charge in [-0.05, 0) is 12.1 Å². The highest BCUT2D eigenvalue weighted by Gasteiger charge is 2.20. The fraction of sp³-hybridized carbons (Fsp3) is 0.286. The molecule has 0 N–H and O–H groups in total. The van der Waals surface area contributed by atoms with Gasteiger partial charge in [0.05, 0.1) is 4.90 Å². The summed E-state index contributed by atoms with van der Waals surface area (Å²) in [7, 11) is 3.55. The van der Waals surface area contributed by atoms with Gasteiger partial charge in [0.25, 0.3) is 0 Å². The number of hydrogen-bond acceptors (Lipinski definition) is 3. The molecule has 19 heavy (non-hydrogen) atoms. The van der Waals surface area contributed by atoms with Crippen molar-refractivity contribution in [3.8, 4) is 0 Å². The molecule has 0 aliphatic heterocycles. The highest BCUT2D eigenvalue weighted by atomic mass is 32.2. The van der Waals surface area contributed by atoms with Crippen molar-refractivity contribution in [2.24, 2.45) is 0 Å². The molecule has 0 saturated heterocycles. The standard InChI is InChI=1S/C14H18N2O2S/c1-15(2)13-9-5-8-12-11(13)7-6-10-14(12)19(17,18)16(3)4/h5-10H,1-4H3. The molecule has 0 bridgehead atoms. The molecule has 0 aliphatic carbocycles. The third kappa shape index (κ3) is 2.31. The van der Waals surface area contributed by atoms with Crippen LogP contribution in [0, 0.1) is 0 Å². The lowest BCUT2D eigenvalue weighted by Gasteiger charge is -2.18. The van der Waals surface area contributed by atoms with Gasteiger partial charge in [0.2, 0.25) is 10.0 Å². The van der Waals surface area contributed by atoms with Crippen molar-refractivity contribution in [2.45, 2.75) is 4.90 Å². The van der Waals surface area contributed by atoms with E-state index in [2.05, 4.69) is 0 Å². The maximum Gasteiger partial charge on any atom is 0.243 e. The quantitative estimate of drug-likeness (QED) is 0.864. The molecule has 0 aliphatic rings. The number of nitrogens with zero attached hydrogens (tertiary/aromatic N) is 2. The van der Waals surface area contributed by atoms with Gasteiger partial charge in [-0.1, -0.05) is 24.3 Å². The zero-order valence-electron chi connectivity index (χ0n) is 11.6. The Hall–Kier alpha value is -1.59. The first-order valence-electron chi connectivity index (χ1n) is 5.97. The fourth-order valence-electron chi connectivity index (χ4n) is 2.08. The second-order valence-electron chi connectivity index (χ2n) is 4.81. The van der Waals surface area contributed by atoms with Gasteiger partial charge < -0.3 is 4.90 Å². The predicted molar refractivity (Wildman–Crippen MR) is 79.1 cm³/mol. The molecular weight excluding hydrogens is 260 g/mol. The third-order valence-electron chi connectivity index (χ3n) is 3.10. The van der Waals surface area contributed by atoms with Gasteiger partial charge >= 0.3 is 0 Å². The van der Waals surface area contributed by atoms with E-state index in [-0.39, 0.29) is 0 Å². The minimum Gasteiger partial charge on any atom is -0.377 e. The van der Waals surface area contributed by atoms with Crippen molar-refractivity contribution in [1.29, 1.82) is 0 Å². The van der Waals surface area contributed by atoms with Crippen molar-refractivity contribution in [3.05, 3.63) is 36.4 Å². The Balaban J connectivity index is 2.83. The molecular formula is C14H18N2O2S. The monoisotopic (exact) mass is 278 g/mol. The van der Waals surface area contributed by atoms with Crippen molar-refractivity contribution >= 4 is 26.5 Å². The molecule has 102 valence electrons. The summed E-state index contributed by atoms with van der Waals surface area (Å²) in [5.41, 5.74) is 1.01. The minimum absolute atomic E-state index is 0.346. The lowest BCUT2D eigenvalue weighted by atomic mass is 10.1. The normalized spacial score (nSPS) is 12.1. The summed E-state index contributed by atoms with van der Waals surface area (Å²) in [5.74, 6) is 0. The zero-order chi connectivity index (χ0) is 14.2. The maximum absolute atomic E-state index is 12.3. The maximum atomic E-state index is 12.3. The lowest BCUT2D eigenvalue weighted by Crippen LogP contribution is -2.22. The average Bonchev–Trinajstić information content (AvgIpc) is 2.36. The Labute approximate surface area is 114 Å². The predicted octanol–water partition coefficient (Wildman–Crippen LogP) is 2.16. The lowest BCUT2D eigenvalue weighted by molar-refractivity contribution is 0.521. The number of fused-ring (bicyclic) bond motifs is 1. The molecule has 0 spiro atoms. The minimum atomic E-state index is -3.43. The molecule has 0 heterocycles. The van der Waals surface area contributed by atoms with E-state index in [1.807, 2.05) is 43.3 Å². The van der Waals surface area contributed by atoms with Crippen LogP contribution in [0.2, 0.25) is 0 Å². The van der Waals surface area contributed by atoms with Gasteiger partial charge in [0.1, 0.15) is 0 Å². The van der Waals surface area contributed by atoms with Gasteiger partial charge in [-0.25, -0.2) is 12.7 Å². The SMILES string of the molecule is CN(C)c1cccc2c(S(=O)(=O)N(C)C)cccc12. The molecule has 0 atom stereocenters. The van der Waals surface area contributed by atoms with Crippen LogP contribution in [0.25, 0.3) is 10.8 Å². The molecule has 0 aromatic heterocycles. The first kappa shape index (κ1) is 13.8. The van der Waals surface area contributed by atoms with Crippen LogP contribution in [0.1, 0.15) is 0 Å². The van der Waals surface area contributed by atoms with Gasteiger partial charge in [0, 0.05) is 44.7 Å². The Morgan fingerprint density at radius 1 is 0.842 bits per heavy atom. The van der Waals surface area contributed by atoms with E-state index in [9.17, 15) is 8.42 Å². The van der Waals surface area contributed by atoms with E-state index >= 15 is 0 Å². The average molecular weight is 278 g/mol. The summed E-state index contributed by atoms with van der Waals surface area (Å²) >= 11 is 0. The molecule has 0 fully saturated rings. The van der Waals surface area contributed by atoms with E-state index < -0.39 is 10.0 Å². The summed E-state index contributed by atoms with van der Waals surface area (Å²) in [6, 6.07) is 11.1. The first-order valence-corrected chi connectivity index (χ1v) is 7.41. The van der Waals surface area contributed by atoms with Gasteiger partial charge in [-0.15, -0.1) is 0 Å². The summed E-state index contributed by atoms with van der Waals surface area (Å²) in [5, 5.41) is 1.69. The van der Waals surface area contributed by atoms with E-state index in [0.717, 1.165) is 16.5 Å². The van der Waals surface area contributed by atoms with Crippen molar-refractivity contribution < 1.29 is 8.42 Å². The van der Waals surface area contributed by atoms with Gasteiger partial charge in [-0.3, -0.25) is 0 Å². The second kappa shape index (κ2) is 4.83. The van der Waals surface area contributed by atoms with Gasteiger partial charge in [-0.2, -0.15) is 0 Å². The van der Waals surface area contributed by atoms with Crippen LogP contribution in [0.4, 0.5) is 5.69 Å². The van der Waals surface area contributed by atoms with E-state index in [0.29, 0.717) is 4.90 Å². The van der Waals surface area contributed by atoms with Crippen molar-refractivity contribution in [3.63, 3.8) is 0 Å². The molecule has 4 nitrogen and oxygen atoms in total. The summed E-state index contributed by atoms with van der Waals surface area (Å²) in [6.07, 6.45) is 0. The number of benzene rings is 2. The Kier molecular flexibility index (Phi) is 3.52. The fourth-order valence-corrected chi connectivity index (χ4v) is 3.18. The molecule has 2 aromatic rings. The summed E-state index contributed by atoms with van der Waals surface area (Å²) in [6.45, 7) is 0. The number of hydrogen-bond donors (Lipinski definition) is 0. The molecule has 5 heteroatoms. The Morgan fingerprint density at radius 3 is 2.00 bits per heavy atom. The number of anilines is 1. The van der Waals surface area contributed by atoms with Crippen LogP contribution in [0.5, 0.6) is 0 Å². The third-order valence-corrected chi connectivity index (χ3v) is 4.97. The molecule has 0 amide bonds. The number of rotatable bonds is 3. The molecule has 0 saturated carbocycles. The van der Waals surface area contributed by atoms with E-state index in [1.54, 1.807) is 26.2 Å². The van der Waals surface area contributed by atoms with Crippen molar-refractivity contribution in [2.75, 3.05) is 33.1 Å². The highest BCUT2D eigenvalue weighted by molar-refractivity contribution is 7.89. The van der Waals surface area contributed by atoms with Crippen LogP contribution in [-0.4, -0.2) is 40.9 Å². The number of sulfonamides is 1. The summed E-state index contributed by atoms with van der Waals surface area (Å²) in [4.78, 5) is 2.33. The van der Waals surface area contributed by atoms with Crippen LogP contribution < -0.4 is 4.90 Å². The van der Waals surface area contributed by atoms with E-state index in [4.69, 9.17) is 0 Å². The topological polar surface area (TPSA) is 40.6 Å². The molecule has 2 rings (SSSR count). The van der Waals surface area contributed by atoms with Crippen LogP contribution in [0.15, 0.2) is 41.3 Å². The summed E-state index contributed by atoms with van der Waals surface area (Å²) < 4.78 is 25.9. The smallest absolute Gasteiger partial charge is 0.243 e. The Morgan fingerprint density at radius 2 is 1.42 bits per heavy atom. The first-order chi connectivity index (χ1) is 8.85.